The maximum Gasteiger partial charge on any atom is 0.235 e. The number of aromatic nitrogens is 1. The molecule has 28 heavy (non-hydrogen) atoms. The molecule has 1 aliphatic heterocycles. The maximum absolute atomic E-state index is 13.1. The van der Waals surface area contributed by atoms with Gasteiger partial charge < -0.3 is 19.8 Å². The Labute approximate surface area is 165 Å². The average Bonchev–Trinajstić information content (AvgIpc) is 3.14. The Bertz CT molecular complexity index is 1090. The normalized spacial score (nSPS) is 17.0. The molecule has 146 valence electrons. The number of amides is 1. The number of carbonyl (C=O) groups is 1. The quantitative estimate of drug-likeness (QED) is 0.666. The minimum Gasteiger partial charge on any atom is -0.454 e. The van der Waals surface area contributed by atoms with Gasteiger partial charge >= 0.3 is 0 Å². The van der Waals surface area contributed by atoms with Crippen LogP contribution in [0.1, 0.15) is 46.2 Å². The molecule has 0 atom stereocenters. The molecule has 1 amide bonds. The van der Waals surface area contributed by atoms with Gasteiger partial charge in [0.1, 0.15) is 0 Å². The van der Waals surface area contributed by atoms with Crippen LogP contribution in [0.2, 0.25) is 0 Å². The third kappa shape index (κ3) is 2.65. The minimum atomic E-state index is -0.470. The third-order valence-corrected chi connectivity index (χ3v) is 5.86. The van der Waals surface area contributed by atoms with E-state index >= 15 is 0 Å². The summed E-state index contributed by atoms with van der Waals surface area (Å²) in [6.07, 6.45) is 3.75. The lowest BCUT2D eigenvalue weighted by Crippen LogP contribution is -2.27. The summed E-state index contributed by atoms with van der Waals surface area (Å²) in [5.74, 6) is 1.50. The van der Waals surface area contributed by atoms with Crippen molar-refractivity contribution in [1.82, 2.24) is 4.98 Å². The zero-order valence-corrected chi connectivity index (χ0v) is 16.4. The Kier molecular flexibility index (Phi) is 3.54. The van der Waals surface area contributed by atoms with Gasteiger partial charge in [-0.15, -0.1) is 0 Å². The number of fused-ring (bicyclic) bond motifs is 2. The van der Waals surface area contributed by atoms with Crippen molar-refractivity contribution in [2.45, 2.75) is 44.4 Å². The SMILES string of the molecule is CC(C)(C)c1c[nH]c2cc(NC(=O)C3(c4ccc5c(c4)OCO5)CC3)ccc12.[HH]. The standard InChI is InChI=1S/C23H24N2O3.H2/c1-22(2,3)17-12-24-18-11-15(5-6-16(17)18)25-21(26)23(8-9-23)14-4-7-19-20(10-14)28-13-27-19;/h4-7,10-12,24H,8-9,13H2,1-3H3,(H,25,26);1H. The highest BCUT2D eigenvalue weighted by atomic mass is 16.7. The fourth-order valence-corrected chi connectivity index (χ4v) is 4.04. The lowest BCUT2D eigenvalue weighted by atomic mass is 9.87. The zero-order chi connectivity index (χ0) is 19.5. The molecule has 3 aromatic rings. The zero-order valence-electron chi connectivity index (χ0n) is 16.4. The van der Waals surface area contributed by atoms with Gasteiger partial charge in [-0.3, -0.25) is 4.79 Å². The van der Waals surface area contributed by atoms with E-state index in [1.807, 2.05) is 30.3 Å². The number of carbonyl (C=O) groups excluding carboxylic acids is 1. The van der Waals surface area contributed by atoms with Crippen LogP contribution in [0.25, 0.3) is 10.9 Å². The predicted octanol–water partition coefficient (Wildman–Crippen LogP) is 5.11. The van der Waals surface area contributed by atoms with Crippen molar-refractivity contribution in [2.75, 3.05) is 12.1 Å². The molecular weight excluding hydrogens is 352 g/mol. The predicted molar refractivity (Wildman–Crippen MR) is 111 cm³/mol. The number of benzene rings is 2. The summed E-state index contributed by atoms with van der Waals surface area (Å²) in [6, 6.07) is 11.9. The number of aromatic amines is 1. The van der Waals surface area contributed by atoms with Gasteiger partial charge in [-0.25, -0.2) is 0 Å². The second-order valence-corrected chi connectivity index (χ2v) is 8.82. The van der Waals surface area contributed by atoms with Crippen LogP contribution in [0, 0.1) is 0 Å². The van der Waals surface area contributed by atoms with E-state index in [1.54, 1.807) is 0 Å². The number of hydrogen-bond donors (Lipinski definition) is 2. The highest BCUT2D eigenvalue weighted by Gasteiger charge is 2.51. The van der Waals surface area contributed by atoms with Crippen molar-refractivity contribution < 1.29 is 15.7 Å². The van der Waals surface area contributed by atoms with E-state index in [0.29, 0.717) is 0 Å². The van der Waals surface area contributed by atoms with Crippen LogP contribution in [0.3, 0.4) is 0 Å². The molecule has 5 heteroatoms. The van der Waals surface area contributed by atoms with Gasteiger partial charge in [0, 0.05) is 24.2 Å². The lowest BCUT2D eigenvalue weighted by molar-refractivity contribution is -0.118. The average molecular weight is 378 g/mol. The number of anilines is 1. The Morgan fingerprint density at radius 3 is 2.64 bits per heavy atom. The highest BCUT2D eigenvalue weighted by molar-refractivity contribution is 6.02. The molecule has 2 aliphatic rings. The van der Waals surface area contributed by atoms with Crippen molar-refractivity contribution >= 4 is 22.5 Å². The van der Waals surface area contributed by atoms with Crippen molar-refractivity contribution in [2.24, 2.45) is 0 Å². The molecule has 0 unspecified atom stereocenters. The third-order valence-electron chi connectivity index (χ3n) is 5.86. The Hall–Kier alpha value is -2.95. The first-order chi connectivity index (χ1) is 13.4. The van der Waals surface area contributed by atoms with E-state index in [0.717, 1.165) is 41.1 Å². The number of hydrogen-bond acceptors (Lipinski definition) is 3. The minimum absolute atomic E-state index is 0. The van der Waals surface area contributed by atoms with Crippen LogP contribution in [0.4, 0.5) is 5.69 Å². The van der Waals surface area contributed by atoms with E-state index in [1.165, 1.54) is 10.9 Å². The molecule has 0 radical (unpaired) electrons. The van der Waals surface area contributed by atoms with Crippen LogP contribution in [0.5, 0.6) is 11.5 Å². The summed E-state index contributed by atoms with van der Waals surface area (Å²) < 4.78 is 10.9. The highest BCUT2D eigenvalue weighted by Crippen LogP contribution is 2.51. The Balaban J connectivity index is 0.00000205. The number of rotatable bonds is 3. The molecule has 0 spiro atoms. The van der Waals surface area contributed by atoms with Gasteiger partial charge in [-0.1, -0.05) is 32.9 Å². The first-order valence-electron chi connectivity index (χ1n) is 9.70. The molecule has 5 nitrogen and oxygen atoms in total. The van der Waals surface area contributed by atoms with Crippen LogP contribution in [-0.2, 0) is 15.6 Å². The summed E-state index contributed by atoms with van der Waals surface area (Å²) >= 11 is 0. The van der Waals surface area contributed by atoms with Crippen molar-refractivity contribution in [3.8, 4) is 11.5 Å². The topological polar surface area (TPSA) is 63.4 Å². The summed E-state index contributed by atoms with van der Waals surface area (Å²) in [5.41, 5.74) is 3.72. The molecule has 5 rings (SSSR count). The van der Waals surface area contributed by atoms with Gasteiger partial charge in [0.25, 0.3) is 0 Å². The molecule has 1 aliphatic carbocycles. The van der Waals surface area contributed by atoms with Gasteiger partial charge in [0.05, 0.1) is 5.41 Å². The summed E-state index contributed by atoms with van der Waals surface area (Å²) in [6.45, 7) is 6.85. The maximum atomic E-state index is 13.1. The van der Waals surface area contributed by atoms with Crippen molar-refractivity contribution in [1.29, 1.82) is 0 Å². The summed E-state index contributed by atoms with van der Waals surface area (Å²) in [7, 11) is 0. The molecule has 2 aromatic carbocycles. The Morgan fingerprint density at radius 2 is 1.89 bits per heavy atom. The van der Waals surface area contributed by atoms with E-state index in [2.05, 4.69) is 43.3 Å². The molecule has 0 saturated heterocycles. The van der Waals surface area contributed by atoms with Gasteiger partial charge in [-0.05, 0) is 53.6 Å². The van der Waals surface area contributed by atoms with Crippen molar-refractivity contribution in [3.05, 3.63) is 53.7 Å². The fraction of sp³-hybridized carbons (Fsp3) is 0.348. The lowest BCUT2D eigenvalue weighted by Gasteiger charge is -2.18. The van der Waals surface area contributed by atoms with Crippen LogP contribution >= 0.6 is 0 Å². The van der Waals surface area contributed by atoms with Gasteiger partial charge in [-0.2, -0.15) is 0 Å². The van der Waals surface area contributed by atoms with Gasteiger partial charge in [0.15, 0.2) is 11.5 Å². The van der Waals surface area contributed by atoms with Crippen LogP contribution < -0.4 is 14.8 Å². The van der Waals surface area contributed by atoms with E-state index in [4.69, 9.17) is 9.47 Å². The first kappa shape index (κ1) is 17.2. The monoisotopic (exact) mass is 378 g/mol. The first-order valence-corrected chi connectivity index (χ1v) is 9.70. The number of ether oxygens (including phenoxy) is 2. The molecule has 2 heterocycles. The smallest absolute Gasteiger partial charge is 0.235 e. The van der Waals surface area contributed by atoms with E-state index in [9.17, 15) is 4.79 Å². The van der Waals surface area contributed by atoms with E-state index < -0.39 is 5.41 Å². The molecule has 1 saturated carbocycles. The second-order valence-electron chi connectivity index (χ2n) is 8.82. The molecule has 2 N–H and O–H groups in total. The molecular formula is C23H26N2O3. The Morgan fingerprint density at radius 1 is 1.11 bits per heavy atom. The molecule has 1 aromatic heterocycles. The van der Waals surface area contributed by atoms with E-state index in [-0.39, 0.29) is 19.5 Å². The fourth-order valence-electron chi connectivity index (χ4n) is 4.04. The molecule has 0 bridgehead atoms. The van der Waals surface area contributed by atoms with Gasteiger partial charge in [0.2, 0.25) is 12.7 Å². The van der Waals surface area contributed by atoms with Crippen molar-refractivity contribution in [3.63, 3.8) is 0 Å². The van der Waals surface area contributed by atoms with Crippen LogP contribution in [-0.4, -0.2) is 17.7 Å². The number of H-pyrrole nitrogens is 1. The second kappa shape index (κ2) is 5.77. The largest absolute Gasteiger partial charge is 0.454 e. The van der Waals surface area contributed by atoms with Crippen LogP contribution in [0.15, 0.2) is 42.6 Å². The summed E-state index contributed by atoms with van der Waals surface area (Å²) in [5, 5.41) is 4.32. The summed E-state index contributed by atoms with van der Waals surface area (Å²) in [4.78, 5) is 16.4. The molecule has 1 fully saturated rings. The number of nitrogens with one attached hydrogen (secondary N) is 2.